The van der Waals surface area contributed by atoms with E-state index in [1.165, 1.54) is 5.56 Å². The maximum atomic E-state index is 12.3. The van der Waals surface area contributed by atoms with Crippen molar-refractivity contribution in [2.24, 2.45) is 0 Å². The lowest BCUT2D eigenvalue weighted by Gasteiger charge is -2.16. The van der Waals surface area contributed by atoms with Crippen LogP contribution < -0.4 is 4.74 Å². The summed E-state index contributed by atoms with van der Waals surface area (Å²) in [5, 5.41) is 1.16. The molecule has 2 aromatic rings. The maximum Gasteiger partial charge on any atom is 0.345 e. The molecule has 1 fully saturated rings. The van der Waals surface area contributed by atoms with Crippen molar-refractivity contribution in [2.45, 2.75) is 45.5 Å². The summed E-state index contributed by atoms with van der Waals surface area (Å²) < 4.78 is 34.9. The van der Waals surface area contributed by atoms with Gasteiger partial charge < -0.3 is 19.4 Å². The molecule has 1 aromatic carbocycles. The van der Waals surface area contributed by atoms with Crippen molar-refractivity contribution in [3.05, 3.63) is 30.0 Å². The molecule has 2 heterocycles. The average molecular weight is 338 g/mol. The summed E-state index contributed by atoms with van der Waals surface area (Å²) in [5.41, 5.74) is 2.30. The van der Waals surface area contributed by atoms with E-state index >= 15 is 0 Å². The predicted octanol–water partition coefficient (Wildman–Crippen LogP) is 3.81. The Morgan fingerprint density at radius 1 is 1.33 bits per heavy atom. The van der Waals surface area contributed by atoms with Crippen molar-refractivity contribution in [1.29, 1.82) is 0 Å². The normalized spacial score (nSPS) is 19.0. The smallest absolute Gasteiger partial charge is 0.345 e. The van der Waals surface area contributed by atoms with Crippen LogP contribution in [0.5, 0.6) is 5.75 Å². The summed E-state index contributed by atoms with van der Waals surface area (Å²) in [7, 11) is 0. The lowest BCUT2D eigenvalue weighted by atomic mass is 10.1. The molecule has 1 aromatic heterocycles. The fraction of sp³-hybridized carbons (Fsp3) is 0.556. The Kier molecular flexibility index (Phi) is 5.36. The van der Waals surface area contributed by atoms with Crippen molar-refractivity contribution in [2.75, 3.05) is 19.6 Å². The van der Waals surface area contributed by atoms with Crippen LogP contribution in [0.1, 0.15) is 25.8 Å². The molecule has 0 bridgehead atoms. The Balaban J connectivity index is 1.61. The summed E-state index contributed by atoms with van der Waals surface area (Å²) in [6.07, 6.45) is 3.35. The highest BCUT2D eigenvalue weighted by atomic mass is 19.3. The number of aromatic amines is 1. The third kappa shape index (κ3) is 4.24. The van der Waals surface area contributed by atoms with Gasteiger partial charge in [-0.25, -0.2) is 0 Å². The van der Waals surface area contributed by atoms with E-state index in [1.807, 2.05) is 32.2 Å². The van der Waals surface area contributed by atoms with E-state index in [0.717, 1.165) is 36.2 Å². The van der Waals surface area contributed by atoms with Gasteiger partial charge in [0.25, 0.3) is 0 Å². The van der Waals surface area contributed by atoms with Crippen LogP contribution in [0.4, 0.5) is 8.78 Å². The first-order valence-corrected chi connectivity index (χ1v) is 8.44. The number of ether oxygens (including phenoxy) is 2. The van der Waals surface area contributed by atoms with E-state index in [9.17, 15) is 8.78 Å². The molecule has 1 saturated heterocycles. The number of rotatable bonds is 7. The quantitative estimate of drug-likeness (QED) is 0.834. The van der Waals surface area contributed by atoms with Crippen LogP contribution in [0.15, 0.2) is 24.4 Å². The Labute approximate surface area is 140 Å². The topological polar surface area (TPSA) is 37.5 Å². The Morgan fingerprint density at radius 2 is 2.17 bits per heavy atom. The number of aromatic nitrogens is 1. The third-order valence-corrected chi connectivity index (χ3v) is 4.33. The van der Waals surface area contributed by atoms with E-state index in [0.29, 0.717) is 13.0 Å². The number of likely N-dealkylation sites (tertiary alicyclic amines) is 1. The van der Waals surface area contributed by atoms with E-state index in [1.54, 1.807) is 0 Å². The number of benzene rings is 1. The van der Waals surface area contributed by atoms with Crippen molar-refractivity contribution in [1.82, 2.24) is 9.88 Å². The number of H-pyrrole nitrogens is 1. The Bertz CT molecular complexity index is 672. The molecular formula is C18H24F2N2O2. The van der Waals surface area contributed by atoms with Crippen molar-refractivity contribution < 1.29 is 18.3 Å². The summed E-state index contributed by atoms with van der Waals surface area (Å²) >= 11 is 0. The van der Waals surface area contributed by atoms with Crippen LogP contribution >= 0.6 is 0 Å². The minimum Gasteiger partial charge on any atom is -0.491 e. The number of halogens is 2. The Morgan fingerprint density at radius 3 is 2.92 bits per heavy atom. The van der Waals surface area contributed by atoms with E-state index in [-0.39, 0.29) is 12.2 Å². The molecule has 1 aliphatic heterocycles. The van der Waals surface area contributed by atoms with Gasteiger partial charge in [-0.05, 0) is 50.5 Å². The molecular weight excluding hydrogens is 314 g/mol. The standard InChI is InChI=1S/C18H24F2N2O2/c1-12(2)23-14-3-4-17-16(9-14)13(10-21-17)5-7-22-8-6-15(11-22)24-18(19)20/h3-4,9-10,12,15,18,21H,5-8,11H2,1-2H3/t15-/m1/s1. The van der Waals surface area contributed by atoms with Crippen LogP contribution in [0.2, 0.25) is 0 Å². The summed E-state index contributed by atoms with van der Waals surface area (Å²) in [6.45, 7) is 3.56. The zero-order chi connectivity index (χ0) is 17.1. The molecule has 132 valence electrons. The van der Waals surface area contributed by atoms with Gasteiger partial charge in [0.05, 0.1) is 12.2 Å². The third-order valence-electron chi connectivity index (χ3n) is 4.33. The minimum atomic E-state index is -2.68. The van der Waals surface area contributed by atoms with E-state index < -0.39 is 6.61 Å². The van der Waals surface area contributed by atoms with Gasteiger partial charge in [0, 0.05) is 36.7 Å². The fourth-order valence-electron chi connectivity index (χ4n) is 3.25. The monoisotopic (exact) mass is 338 g/mol. The molecule has 0 saturated carbocycles. The summed E-state index contributed by atoms with van der Waals surface area (Å²) in [4.78, 5) is 5.46. The SMILES string of the molecule is CC(C)Oc1ccc2[nH]cc(CCN3CC[C@@H](OC(F)F)C3)c2c1. The second-order valence-electron chi connectivity index (χ2n) is 6.55. The lowest BCUT2D eigenvalue weighted by Crippen LogP contribution is -2.26. The van der Waals surface area contributed by atoms with Crippen LogP contribution in [0, 0.1) is 0 Å². The zero-order valence-electron chi connectivity index (χ0n) is 14.1. The van der Waals surface area contributed by atoms with Gasteiger partial charge in [-0.1, -0.05) is 0 Å². The molecule has 0 radical (unpaired) electrons. The molecule has 24 heavy (non-hydrogen) atoms. The molecule has 6 heteroatoms. The predicted molar refractivity (Wildman–Crippen MR) is 89.7 cm³/mol. The maximum absolute atomic E-state index is 12.3. The zero-order valence-corrected chi connectivity index (χ0v) is 14.1. The summed E-state index contributed by atoms with van der Waals surface area (Å²) in [5.74, 6) is 0.866. The van der Waals surface area contributed by atoms with Gasteiger partial charge in [-0.3, -0.25) is 0 Å². The van der Waals surface area contributed by atoms with Gasteiger partial charge >= 0.3 is 6.61 Å². The van der Waals surface area contributed by atoms with Crippen molar-refractivity contribution in [3.63, 3.8) is 0 Å². The molecule has 0 aliphatic carbocycles. The number of hydrogen-bond acceptors (Lipinski definition) is 3. The lowest BCUT2D eigenvalue weighted by molar-refractivity contribution is -0.158. The van der Waals surface area contributed by atoms with Crippen LogP contribution in [0.3, 0.4) is 0 Å². The molecule has 1 N–H and O–H groups in total. The fourth-order valence-corrected chi connectivity index (χ4v) is 3.25. The highest BCUT2D eigenvalue weighted by molar-refractivity contribution is 5.84. The highest BCUT2D eigenvalue weighted by Gasteiger charge is 2.25. The molecule has 4 nitrogen and oxygen atoms in total. The first kappa shape index (κ1) is 17.2. The molecule has 0 amide bonds. The first-order chi connectivity index (χ1) is 11.5. The van der Waals surface area contributed by atoms with Gasteiger partial charge in [-0.2, -0.15) is 8.78 Å². The van der Waals surface area contributed by atoms with Gasteiger partial charge in [0.1, 0.15) is 5.75 Å². The Hall–Kier alpha value is -1.66. The molecule has 1 aliphatic rings. The van der Waals surface area contributed by atoms with Crippen molar-refractivity contribution in [3.8, 4) is 5.75 Å². The van der Waals surface area contributed by atoms with Gasteiger partial charge in [0.2, 0.25) is 0 Å². The van der Waals surface area contributed by atoms with E-state index in [2.05, 4.69) is 20.7 Å². The number of nitrogens with one attached hydrogen (secondary N) is 1. The molecule has 0 unspecified atom stereocenters. The number of fused-ring (bicyclic) bond motifs is 1. The van der Waals surface area contributed by atoms with Crippen LogP contribution in [-0.2, 0) is 11.2 Å². The second-order valence-corrected chi connectivity index (χ2v) is 6.55. The van der Waals surface area contributed by atoms with Gasteiger partial charge in [0.15, 0.2) is 0 Å². The summed E-state index contributed by atoms with van der Waals surface area (Å²) in [6, 6.07) is 6.06. The molecule has 3 rings (SSSR count). The second kappa shape index (κ2) is 7.49. The van der Waals surface area contributed by atoms with Crippen molar-refractivity contribution >= 4 is 10.9 Å². The average Bonchev–Trinajstić information content (AvgIpc) is 3.10. The van der Waals surface area contributed by atoms with Gasteiger partial charge in [-0.15, -0.1) is 0 Å². The molecule has 0 spiro atoms. The number of alkyl halides is 2. The molecule has 1 atom stereocenters. The first-order valence-electron chi connectivity index (χ1n) is 8.44. The van der Waals surface area contributed by atoms with Crippen LogP contribution in [0.25, 0.3) is 10.9 Å². The largest absolute Gasteiger partial charge is 0.491 e. The number of hydrogen-bond donors (Lipinski definition) is 1. The highest BCUT2D eigenvalue weighted by Crippen LogP contribution is 2.25. The minimum absolute atomic E-state index is 0.140. The van der Waals surface area contributed by atoms with E-state index in [4.69, 9.17) is 4.74 Å². The number of nitrogens with zero attached hydrogens (tertiary/aromatic N) is 1. The van der Waals surface area contributed by atoms with Crippen LogP contribution in [-0.4, -0.2) is 48.3 Å².